The molecule has 6 heteroatoms. The lowest BCUT2D eigenvalue weighted by molar-refractivity contribution is -0.142. The van der Waals surface area contributed by atoms with E-state index in [1.807, 2.05) is 0 Å². The number of hydrogen-bond acceptors (Lipinski definition) is 6. The van der Waals surface area contributed by atoms with Crippen LogP contribution >= 0.6 is 0 Å². The molecule has 3 rings (SSSR count). The summed E-state index contributed by atoms with van der Waals surface area (Å²) >= 11 is 0. The Morgan fingerprint density at radius 1 is 0.864 bits per heavy atom. The molecular weight excluding hydrogens is 288 g/mol. The fourth-order valence-corrected chi connectivity index (χ4v) is 2.32. The van der Waals surface area contributed by atoms with Crippen LogP contribution in [0.2, 0.25) is 0 Å². The number of phenols is 3. The van der Waals surface area contributed by atoms with Gasteiger partial charge >= 0.3 is 5.97 Å². The van der Waals surface area contributed by atoms with Crippen LogP contribution in [-0.2, 0) is 9.53 Å². The number of aromatic hydroxyl groups is 3. The Hall–Kier alpha value is -3.15. The highest BCUT2D eigenvalue weighted by Crippen LogP contribution is 2.42. The zero-order chi connectivity index (χ0) is 15.9. The van der Waals surface area contributed by atoms with Gasteiger partial charge in [0.15, 0.2) is 17.6 Å². The predicted molar refractivity (Wildman–Crippen MR) is 76.3 cm³/mol. The smallest absolute Gasteiger partial charge is 0.374 e. The Bertz CT molecular complexity index is 776. The van der Waals surface area contributed by atoms with Crippen LogP contribution in [-0.4, -0.2) is 26.4 Å². The number of benzene rings is 2. The molecule has 1 atom stereocenters. The minimum Gasteiger partial charge on any atom is -0.508 e. The number of ether oxygens (including phenoxy) is 1. The fourth-order valence-electron chi connectivity index (χ4n) is 2.32. The van der Waals surface area contributed by atoms with Crippen LogP contribution in [0.3, 0.4) is 0 Å². The van der Waals surface area contributed by atoms with Crippen molar-refractivity contribution in [2.75, 3.05) is 0 Å². The van der Waals surface area contributed by atoms with Crippen molar-refractivity contribution in [1.82, 2.24) is 0 Å². The molecule has 2 aromatic carbocycles. The monoisotopic (exact) mass is 300 g/mol. The highest BCUT2D eigenvalue weighted by Gasteiger charge is 2.36. The quantitative estimate of drug-likeness (QED) is 0.501. The van der Waals surface area contributed by atoms with E-state index in [0.717, 1.165) is 0 Å². The van der Waals surface area contributed by atoms with Crippen LogP contribution in [0.15, 0.2) is 48.2 Å². The molecule has 0 amide bonds. The number of hydrogen-bond donors (Lipinski definition) is 4. The van der Waals surface area contributed by atoms with Gasteiger partial charge in [-0.05, 0) is 29.8 Å². The van der Waals surface area contributed by atoms with Gasteiger partial charge in [0.1, 0.15) is 5.75 Å². The Balaban J connectivity index is 2.09. The highest BCUT2D eigenvalue weighted by atomic mass is 16.6. The first-order valence-corrected chi connectivity index (χ1v) is 6.43. The van der Waals surface area contributed by atoms with E-state index in [0.29, 0.717) is 11.1 Å². The summed E-state index contributed by atoms with van der Waals surface area (Å²) in [4.78, 5) is 11.7. The normalized spacial score (nSPS) is 17.6. The Morgan fingerprint density at radius 3 is 2.18 bits per heavy atom. The second-order valence-electron chi connectivity index (χ2n) is 4.84. The topological polar surface area (TPSA) is 107 Å². The van der Waals surface area contributed by atoms with Crippen molar-refractivity contribution < 1.29 is 30.0 Å². The zero-order valence-electron chi connectivity index (χ0n) is 11.2. The van der Waals surface area contributed by atoms with E-state index in [1.54, 1.807) is 0 Å². The fraction of sp³-hybridized carbons (Fsp3) is 0.0625. The number of phenolic OH excluding ortho intramolecular Hbond substituents is 3. The number of aliphatic hydroxyl groups is 1. The maximum atomic E-state index is 11.7. The molecule has 0 fully saturated rings. The van der Waals surface area contributed by atoms with Gasteiger partial charge < -0.3 is 25.2 Å². The number of carbonyl (C=O) groups is 1. The minimum absolute atomic E-state index is 0.0490. The van der Waals surface area contributed by atoms with E-state index in [2.05, 4.69) is 0 Å². The summed E-state index contributed by atoms with van der Waals surface area (Å²) in [6.07, 6.45) is -0.913. The van der Waals surface area contributed by atoms with Crippen molar-refractivity contribution in [3.8, 4) is 17.2 Å². The highest BCUT2D eigenvalue weighted by molar-refractivity contribution is 6.00. The van der Waals surface area contributed by atoms with Crippen LogP contribution < -0.4 is 0 Å². The van der Waals surface area contributed by atoms with Crippen molar-refractivity contribution in [2.45, 2.75) is 6.10 Å². The summed E-state index contributed by atoms with van der Waals surface area (Å²) in [6, 6.07) is 9.92. The van der Waals surface area contributed by atoms with E-state index in [1.165, 1.54) is 42.5 Å². The van der Waals surface area contributed by atoms with Crippen molar-refractivity contribution >= 4 is 11.5 Å². The third-order valence-electron chi connectivity index (χ3n) is 3.42. The lowest BCUT2D eigenvalue weighted by atomic mass is 9.95. The number of aliphatic hydroxyl groups excluding tert-OH is 1. The molecule has 0 bridgehead atoms. The van der Waals surface area contributed by atoms with Crippen LogP contribution in [0.1, 0.15) is 17.2 Å². The molecular formula is C16H12O6. The van der Waals surface area contributed by atoms with E-state index >= 15 is 0 Å². The van der Waals surface area contributed by atoms with Gasteiger partial charge in [0, 0.05) is 5.56 Å². The zero-order valence-corrected chi connectivity index (χ0v) is 11.2. The molecule has 0 aliphatic carbocycles. The maximum absolute atomic E-state index is 11.7. The van der Waals surface area contributed by atoms with Crippen molar-refractivity contribution in [1.29, 1.82) is 0 Å². The van der Waals surface area contributed by atoms with E-state index < -0.39 is 17.8 Å². The van der Waals surface area contributed by atoms with Crippen LogP contribution in [0.4, 0.5) is 0 Å². The van der Waals surface area contributed by atoms with Gasteiger partial charge in [-0.1, -0.05) is 18.2 Å². The molecule has 0 spiro atoms. The maximum Gasteiger partial charge on any atom is 0.374 e. The average molecular weight is 300 g/mol. The summed E-state index contributed by atoms with van der Waals surface area (Å²) in [7, 11) is 0. The van der Waals surface area contributed by atoms with Gasteiger partial charge in [-0.3, -0.25) is 0 Å². The second-order valence-corrected chi connectivity index (χ2v) is 4.84. The minimum atomic E-state index is -0.913. The second kappa shape index (κ2) is 5.00. The lowest BCUT2D eigenvalue weighted by Gasteiger charge is -2.15. The average Bonchev–Trinajstić information content (AvgIpc) is 2.79. The van der Waals surface area contributed by atoms with Crippen molar-refractivity contribution in [3.63, 3.8) is 0 Å². The summed E-state index contributed by atoms with van der Waals surface area (Å²) in [5, 5.41) is 38.2. The molecule has 1 aliphatic rings. The third kappa shape index (κ3) is 2.20. The third-order valence-corrected chi connectivity index (χ3v) is 3.42. The Morgan fingerprint density at radius 2 is 1.55 bits per heavy atom. The molecule has 4 N–H and O–H groups in total. The van der Waals surface area contributed by atoms with Gasteiger partial charge in [0.2, 0.25) is 5.76 Å². The first kappa shape index (κ1) is 13.8. The molecule has 2 aromatic rings. The van der Waals surface area contributed by atoms with E-state index in [4.69, 9.17) is 4.74 Å². The first-order chi connectivity index (χ1) is 10.5. The van der Waals surface area contributed by atoms with Gasteiger partial charge in [-0.2, -0.15) is 0 Å². The summed E-state index contributed by atoms with van der Waals surface area (Å²) in [6.45, 7) is 0. The van der Waals surface area contributed by atoms with Gasteiger partial charge in [0.25, 0.3) is 0 Å². The van der Waals surface area contributed by atoms with Crippen molar-refractivity contribution in [2.24, 2.45) is 0 Å². The number of cyclic esters (lactones) is 1. The molecule has 0 aromatic heterocycles. The van der Waals surface area contributed by atoms with Gasteiger partial charge in [-0.15, -0.1) is 0 Å². The Labute approximate surface area is 125 Å². The lowest BCUT2D eigenvalue weighted by Crippen LogP contribution is -2.03. The first-order valence-electron chi connectivity index (χ1n) is 6.43. The molecule has 1 heterocycles. The van der Waals surface area contributed by atoms with Crippen LogP contribution in [0.5, 0.6) is 17.2 Å². The summed E-state index contributed by atoms with van der Waals surface area (Å²) < 4.78 is 5.13. The van der Waals surface area contributed by atoms with Gasteiger partial charge in [-0.25, -0.2) is 4.79 Å². The predicted octanol–water partition coefficient (Wildman–Crippen LogP) is 2.37. The molecule has 22 heavy (non-hydrogen) atoms. The molecule has 1 aliphatic heterocycles. The molecule has 1 unspecified atom stereocenters. The standard InChI is InChI=1S/C16H12O6/c17-10-4-1-8(2-5-10)13-14(20)16(21)22-15(13)9-3-6-11(18)12(19)7-9/h1-7,15,17-20H. The van der Waals surface area contributed by atoms with E-state index in [9.17, 15) is 25.2 Å². The summed E-state index contributed by atoms with van der Waals surface area (Å²) in [5.74, 6) is -2.01. The molecule has 0 saturated heterocycles. The van der Waals surface area contributed by atoms with Crippen LogP contribution in [0.25, 0.3) is 5.57 Å². The number of esters is 1. The van der Waals surface area contributed by atoms with E-state index in [-0.39, 0.29) is 22.8 Å². The number of carbonyl (C=O) groups excluding carboxylic acids is 1. The largest absolute Gasteiger partial charge is 0.508 e. The van der Waals surface area contributed by atoms with Crippen molar-refractivity contribution in [3.05, 3.63) is 59.4 Å². The molecule has 6 nitrogen and oxygen atoms in total. The molecule has 0 radical (unpaired) electrons. The Kier molecular flexibility index (Phi) is 3.14. The van der Waals surface area contributed by atoms with Crippen LogP contribution in [0, 0.1) is 0 Å². The van der Waals surface area contributed by atoms with Gasteiger partial charge in [0.05, 0.1) is 5.57 Å². The summed E-state index contributed by atoms with van der Waals surface area (Å²) in [5.41, 5.74) is 1.13. The SMILES string of the molecule is O=C1OC(c2ccc(O)c(O)c2)C(c2ccc(O)cc2)=C1O. The molecule has 112 valence electrons. The molecule has 0 saturated carbocycles. The number of rotatable bonds is 2.